The molecule has 11 nitrogen and oxygen atoms in total. The van der Waals surface area contributed by atoms with Crippen molar-refractivity contribution in [2.75, 3.05) is 22.7 Å². The summed E-state index contributed by atoms with van der Waals surface area (Å²) in [6.45, 7) is 5.69. The molecule has 0 spiro atoms. The number of carbonyl (C=O) groups is 1. The van der Waals surface area contributed by atoms with Gasteiger partial charge in [0.05, 0.1) is 37.0 Å². The van der Waals surface area contributed by atoms with Gasteiger partial charge in [0.1, 0.15) is 15.6 Å². The van der Waals surface area contributed by atoms with Crippen LogP contribution in [0.25, 0.3) is 10.8 Å². The fourth-order valence-electron chi connectivity index (χ4n) is 3.96. The summed E-state index contributed by atoms with van der Waals surface area (Å²) >= 11 is 0. The Morgan fingerprint density at radius 2 is 1.30 bits per heavy atom. The highest BCUT2D eigenvalue weighted by molar-refractivity contribution is 7.93. The molecule has 40 heavy (non-hydrogen) atoms. The van der Waals surface area contributed by atoms with Crippen molar-refractivity contribution in [3.8, 4) is 11.8 Å². The molecule has 0 unspecified atom stereocenters. The van der Waals surface area contributed by atoms with Gasteiger partial charge in [-0.05, 0) is 44.5 Å². The third kappa shape index (κ3) is 6.49. The number of nitrogens with one attached hydrogen (secondary N) is 2. The van der Waals surface area contributed by atoms with Crippen LogP contribution in [0, 0.1) is 0 Å². The van der Waals surface area contributed by atoms with E-state index < -0.39 is 20.0 Å². The summed E-state index contributed by atoms with van der Waals surface area (Å²) < 4.78 is 68.8. The number of aromatic nitrogens is 2. The van der Waals surface area contributed by atoms with Crippen LogP contribution in [0.2, 0.25) is 0 Å². The number of rotatable bonds is 12. The monoisotopic (exact) mass is 584 g/mol. The van der Waals surface area contributed by atoms with Crippen molar-refractivity contribution >= 4 is 48.0 Å². The second-order valence-corrected chi connectivity index (χ2v) is 12.0. The summed E-state index contributed by atoms with van der Waals surface area (Å²) in [6.07, 6.45) is 2.20. The summed E-state index contributed by atoms with van der Waals surface area (Å²) in [4.78, 5) is 20.0. The van der Waals surface area contributed by atoms with Gasteiger partial charge in [-0.3, -0.25) is 14.2 Å². The average molecular weight is 585 g/mol. The number of benzene rings is 2. The fraction of sp³-hybridized carbons (Fsp3) is 0.222. The van der Waals surface area contributed by atoms with E-state index in [0.717, 1.165) is 0 Å². The summed E-state index contributed by atoms with van der Waals surface area (Å²) in [6, 6.07) is 13.7. The highest BCUT2D eigenvalue weighted by Gasteiger charge is 2.23. The van der Waals surface area contributed by atoms with E-state index in [-0.39, 0.29) is 50.7 Å². The van der Waals surface area contributed by atoms with Crippen molar-refractivity contribution in [3.63, 3.8) is 0 Å². The lowest BCUT2D eigenvalue weighted by molar-refractivity contribution is -0.116. The minimum atomic E-state index is -4.13. The third-order valence-electron chi connectivity index (χ3n) is 5.67. The molecule has 2 aromatic carbocycles. The highest BCUT2D eigenvalue weighted by atomic mass is 32.2. The maximum atomic E-state index is 13.3. The fourth-order valence-corrected chi connectivity index (χ4v) is 6.04. The van der Waals surface area contributed by atoms with Crippen molar-refractivity contribution in [1.82, 2.24) is 9.97 Å². The molecule has 210 valence electrons. The molecule has 0 aliphatic carbocycles. The van der Waals surface area contributed by atoms with Gasteiger partial charge in [-0.1, -0.05) is 24.3 Å². The Morgan fingerprint density at radius 1 is 0.775 bits per heavy atom. The lowest BCUT2D eigenvalue weighted by atomic mass is 9.99. The molecule has 0 aliphatic rings. The van der Waals surface area contributed by atoms with Gasteiger partial charge in [-0.15, -0.1) is 0 Å². The number of ether oxygens (including phenoxy) is 2. The van der Waals surface area contributed by atoms with Crippen LogP contribution in [0.15, 0.2) is 76.8 Å². The Bertz CT molecular complexity index is 1740. The predicted octanol–water partition coefficient (Wildman–Crippen LogP) is 4.16. The first-order chi connectivity index (χ1) is 19.0. The minimum Gasteiger partial charge on any atom is -0.478 e. The number of anilines is 2. The normalized spacial score (nSPS) is 11.7. The zero-order chi connectivity index (χ0) is 28.9. The van der Waals surface area contributed by atoms with E-state index in [1.807, 2.05) is 0 Å². The van der Waals surface area contributed by atoms with Crippen LogP contribution in [-0.4, -0.2) is 45.8 Å². The first-order valence-corrected chi connectivity index (χ1v) is 15.3. The second kappa shape index (κ2) is 11.9. The number of hydrogen-bond acceptors (Lipinski definition) is 9. The minimum absolute atomic E-state index is 0.0964. The van der Waals surface area contributed by atoms with Gasteiger partial charge in [-0.25, -0.2) is 26.8 Å². The second-order valence-electron chi connectivity index (χ2n) is 8.62. The van der Waals surface area contributed by atoms with Gasteiger partial charge in [0, 0.05) is 29.3 Å². The van der Waals surface area contributed by atoms with Crippen LogP contribution in [-0.2, 0) is 31.3 Å². The Kier molecular flexibility index (Phi) is 8.55. The number of sulfonamides is 2. The molecule has 13 heteroatoms. The van der Waals surface area contributed by atoms with Crippen LogP contribution in [0.3, 0.4) is 0 Å². The van der Waals surface area contributed by atoms with Crippen LogP contribution in [0.4, 0.5) is 11.4 Å². The first-order valence-electron chi connectivity index (χ1n) is 12.3. The van der Waals surface area contributed by atoms with Crippen molar-refractivity contribution in [2.45, 2.75) is 37.0 Å². The van der Waals surface area contributed by atoms with E-state index in [4.69, 9.17) is 9.47 Å². The molecule has 0 bridgehead atoms. The Balaban J connectivity index is 1.78. The molecule has 4 rings (SSSR count). The molecule has 0 fully saturated rings. The molecule has 2 aromatic heterocycles. The summed E-state index contributed by atoms with van der Waals surface area (Å²) in [5.41, 5.74) is 0.618. The number of hydrogen-bond donors (Lipinski definition) is 2. The Morgan fingerprint density at radius 3 is 1.77 bits per heavy atom. The third-order valence-corrected chi connectivity index (χ3v) is 8.36. The maximum absolute atomic E-state index is 13.3. The van der Waals surface area contributed by atoms with Gasteiger partial charge >= 0.3 is 0 Å². The van der Waals surface area contributed by atoms with Crippen molar-refractivity contribution in [1.29, 1.82) is 0 Å². The molecule has 0 amide bonds. The van der Waals surface area contributed by atoms with Crippen molar-refractivity contribution in [2.24, 2.45) is 0 Å². The Labute approximate surface area is 232 Å². The zero-order valence-corrected chi connectivity index (χ0v) is 23.7. The highest BCUT2D eigenvalue weighted by Crippen LogP contribution is 2.36. The molecule has 0 saturated heterocycles. The van der Waals surface area contributed by atoms with E-state index in [2.05, 4.69) is 19.4 Å². The van der Waals surface area contributed by atoms with Crippen molar-refractivity contribution < 1.29 is 31.1 Å². The smallest absolute Gasteiger partial charge is 0.263 e. The van der Waals surface area contributed by atoms with Gasteiger partial charge in [0.25, 0.3) is 20.0 Å². The van der Waals surface area contributed by atoms with E-state index in [9.17, 15) is 21.6 Å². The van der Waals surface area contributed by atoms with E-state index >= 15 is 0 Å². The number of carbonyl (C=O) groups excluding carboxylic acids is 1. The lowest BCUT2D eigenvalue weighted by Crippen LogP contribution is -2.17. The first kappa shape index (κ1) is 28.8. The van der Waals surface area contributed by atoms with Gasteiger partial charge < -0.3 is 9.47 Å². The summed E-state index contributed by atoms with van der Waals surface area (Å²) in [7, 11) is -8.23. The van der Waals surface area contributed by atoms with Gasteiger partial charge in [0.2, 0.25) is 11.8 Å². The number of Topliss-reactive ketones (excluding diaryl/α,β-unsaturated/α-hetero) is 1. The van der Waals surface area contributed by atoms with Crippen LogP contribution < -0.4 is 18.9 Å². The average Bonchev–Trinajstić information content (AvgIpc) is 2.91. The summed E-state index contributed by atoms with van der Waals surface area (Å²) in [5.74, 6) is 0.321. The number of nitrogens with zero attached hydrogens (tertiary/aromatic N) is 2. The zero-order valence-electron chi connectivity index (χ0n) is 22.0. The van der Waals surface area contributed by atoms with E-state index in [1.54, 1.807) is 38.1 Å². The van der Waals surface area contributed by atoms with E-state index in [1.165, 1.54) is 49.6 Å². The largest absolute Gasteiger partial charge is 0.478 e. The molecule has 0 radical (unpaired) electrons. The van der Waals surface area contributed by atoms with Crippen molar-refractivity contribution in [3.05, 3.63) is 72.6 Å². The number of fused-ring (bicyclic) bond motifs is 1. The van der Waals surface area contributed by atoms with Crippen LogP contribution in [0.1, 0.15) is 26.3 Å². The molecule has 2 heterocycles. The quantitative estimate of drug-likeness (QED) is 0.250. The molecule has 0 aliphatic heterocycles. The Hall–Kier alpha value is -4.23. The van der Waals surface area contributed by atoms with Gasteiger partial charge in [0.15, 0.2) is 0 Å². The molecule has 2 N–H and O–H groups in total. The molecule has 4 aromatic rings. The molecule has 0 saturated carbocycles. The van der Waals surface area contributed by atoms with Crippen LogP contribution in [0.5, 0.6) is 11.8 Å². The standard InChI is InChI=1S/C27H28N4O7S2/c1-4-37-25-12-10-20(16-28-25)39(33,34)30-24-15-19(14-18(3)32)27(23-9-7-6-8-22(23)24)31-40(35,36)21-11-13-26(29-17-21)38-5-2/h6-13,15-17,30-31H,4-5,14H2,1-3H3. The van der Waals surface area contributed by atoms with E-state index in [0.29, 0.717) is 24.0 Å². The molecular weight excluding hydrogens is 556 g/mol. The van der Waals surface area contributed by atoms with Gasteiger partial charge in [-0.2, -0.15) is 0 Å². The summed E-state index contributed by atoms with van der Waals surface area (Å²) in [5, 5.41) is 0.811. The number of ketones is 1. The predicted molar refractivity (Wildman–Crippen MR) is 151 cm³/mol. The molecule has 0 atom stereocenters. The molecular formula is C27H28N4O7S2. The maximum Gasteiger partial charge on any atom is 0.263 e. The van der Waals surface area contributed by atoms with Crippen LogP contribution >= 0.6 is 0 Å². The SMILES string of the molecule is CCOc1ccc(S(=O)(=O)Nc2cc(CC(C)=O)c(NS(=O)(=O)c3ccc(OCC)nc3)c3ccccc23)cn1. The lowest BCUT2D eigenvalue weighted by Gasteiger charge is -2.19. The number of pyridine rings is 2. The topological polar surface area (TPSA) is 154 Å².